The van der Waals surface area contributed by atoms with E-state index < -0.39 is 0 Å². The predicted molar refractivity (Wildman–Crippen MR) is 55.7 cm³/mol. The van der Waals surface area contributed by atoms with Gasteiger partial charge in [0.15, 0.2) is 0 Å². The molecule has 0 aliphatic heterocycles. The Morgan fingerprint density at radius 2 is 2.15 bits per heavy atom. The summed E-state index contributed by atoms with van der Waals surface area (Å²) in [6, 6.07) is 7.91. The standard InChI is InChI=1S/C11H15NO/c1-13-11-8-3-2-6-10(11)7-4-5-9-12/h2-4,6-8H,5,9,12H2,1H3/b7-4+. The topological polar surface area (TPSA) is 35.2 Å². The van der Waals surface area contributed by atoms with E-state index in [1.165, 1.54) is 0 Å². The maximum absolute atomic E-state index is 5.38. The summed E-state index contributed by atoms with van der Waals surface area (Å²) in [6.07, 6.45) is 4.99. The fraction of sp³-hybridized carbons (Fsp3) is 0.273. The van der Waals surface area contributed by atoms with Gasteiger partial charge in [-0.05, 0) is 19.0 Å². The molecule has 2 N–H and O–H groups in total. The first-order valence-electron chi connectivity index (χ1n) is 4.38. The molecule has 0 aromatic heterocycles. The van der Waals surface area contributed by atoms with Crippen molar-refractivity contribution in [1.82, 2.24) is 0 Å². The number of nitrogens with two attached hydrogens (primary N) is 1. The quantitative estimate of drug-likeness (QED) is 0.764. The Labute approximate surface area is 79.0 Å². The molecule has 0 spiro atoms. The molecular formula is C11H15NO. The summed E-state index contributed by atoms with van der Waals surface area (Å²) in [5.74, 6) is 0.899. The van der Waals surface area contributed by atoms with Crippen LogP contribution >= 0.6 is 0 Å². The summed E-state index contributed by atoms with van der Waals surface area (Å²) in [6.45, 7) is 0.686. The molecule has 0 aliphatic carbocycles. The molecule has 0 saturated carbocycles. The minimum absolute atomic E-state index is 0.686. The van der Waals surface area contributed by atoms with E-state index in [0.717, 1.165) is 17.7 Å². The highest BCUT2D eigenvalue weighted by Gasteiger charge is 1.94. The Morgan fingerprint density at radius 1 is 1.38 bits per heavy atom. The van der Waals surface area contributed by atoms with Gasteiger partial charge in [0.25, 0.3) is 0 Å². The lowest BCUT2D eigenvalue weighted by Gasteiger charge is -2.02. The van der Waals surface area contributed by atoms with Crippen LogP contribution < -0.4 is 10.5 Å². The zero-order valence-corrected chi connectivity index (χ0v) is 7.86. The smallest absolute Gasteiger partial charge is 0.126 e. The molecule has 0 fully saturated rings. The summed E-state index contributed by atoms with van der Waals surface area (Å²) < 4.78 is 5.19. The van der Waals surface area contributed by atoms with E-state index in [2.05, 4.69) is 6.08 Å². The first-order valence-corrected chi connectivity index (χ1v) is 4.38. The Bertz CT molecular complexity index is 281. The second-order valence-electron chi connectivity index (χ2n) is 2.72. The Hall–Kier alpha value is -1.28. The molecule has 0 aliphatic rings. The molecule has 13 heavy (non-hydrogen) atoms. The first kappa shape index (κ1) is 9.81. The molecule has 0 bridgehead atoms. The number of para-hydroxylation sites is 1. The molecule has 1 aromatic rings. The van der Waals surface area contributed by atoms with Crippen LogP contribution in [0.25, 0.3) is 6.08 Å². The van der Waals surface area contributed by atoms with Gasteiger partial charge in [0.05, 0.1) is 7.11 Å². The van der Waals surface area contributed by atoms with Crippen molar-refractivity contribution in [3.05, 3.63) is 35.9 Å². The predicted octanol–water partition coefficient (Wildman–Crippen LogP) is 2.06. The van der Waals surface area contributed by atoms with E-state index in [-0.39, 0.29) is 0 Å². The lowest BCUT2D eigenvalue weighted by Crippen LogP contribution is -1.95. The van der Waals surface area contributed by atoms with E-state index in [4.69, 9.17) is 10.5 Å². The van der Waals surface area contributed by atoms with Crippen molar-refractivity contribution in [3.63, 3.8) is 0 Å². The number of benzene rings is 1. The normalized spacial score (nSPS) is 10.6. The first-order chi connectivity index (χ1) is 6.38. The lowest BCUT2D eigenvalue weighted by atomic mass is 10.2. The minimum Gasteiger partial charge on any atom is -0.496 e. The summed E-state index contributed by atoms with van der Waals surface area (Å²) in [7, 11) is 1.68. The van der Waals surface area contributed by atoms with Gasteiger partial charge >= 0.3 is 0 Å². The molecule has 2 heteroatoms. The van der Waals surface area contributed by atoms with Crippen LogP contribution in [-0.4, -0.2) is 13.7 Å². The minimum atomic E-state index is 0.686. The third-order valence-electron chi connectivity index (χ3n) is 1.77. The van der Waals surface area contributed by atoms with Gasteiger partial charge in [-0.25, -0.2) is 0 Å². The molecule has 0 radical (unpaired) electrons. The molecule has 70 valence electrons. The van der Waals surface area contributed by atoms with Gasteiger partial charge in [-0.3, -0.25) is 0 Å². The number of rotatable bonds is 4. The van der Waals surface area contributed by atoms with E-state index in [1.807, 2.05) is 30.3 Å². The van der Waals surface area contributed by atoms with Crippen LogP contribution in [0.5, 0.6) is 5.75 Å². The van der Waals surface area contributed by atoms with E-state index in [1.54, 1.807) is 7.11 Å². The average molecular weight is 177 g/mol. The highest BCUT2D eigenvalue weighted by Crippen LogP contribution is 2.18. The highest BCUT2D eigenvalue weighted by molar-refractivity contribution is 5.56. The summed E-state index contributed by atoms with van der Waals surface area (Å²) >= 11 is 0. The van der Waals surface area contributed by atoms with Gasteiger partial charge in [-0.2, -0.15) is 0 Å². The average Bonchev–Trinajstić information content (AvgIpc) is 2.19. The van der Waals surface area contributed by atoms with Crippen LogP contribution in [0.15, 0.2) is 30.3 Å². The Balaban J connectivity index is 2.74. The van der Waals surface area contributed by atoms with Gasteiger partial charge in [0.2, 0.25) is 0 Å². The van der Waals surface area contributed by atoms with Gasteiger partial charge in [0, 0.05) is 5.56 Å². The van der Waals surface area contributed by atoms with Crippen molar-refractivity contribution in [2.75, 3.05) is 13.7 Å². The maximum Gasteiger partial charge on any atom is 0.126 e. The summed E-state index contributed by atoms with van der Waals surface area (Å²) in [4.78, 5) is 0. The number of hydrogen-bond donors (Lipinski definition) is 1. The molecule has 0 atom stereocenters. The van der Waals surface area contributed by atoms with Crippen LogP contribution in [0, 0.1) is 0 Å². The molecule has 0 amide bonds. The van der Waals surface area contributed by atoms with E-state index in [9.17, 15) is 0 Å². The van der Waals surface area contributed by atoms with Crippen molar-refractivity contribution in [1.29, 1.82) is 0 Å². The molecule has 0 unspecified atom stereocenters. The fourth-order valence-corrected chi connectivity index (χ4v) is 1.11. The molecule has 1 aromatic carbocycles. The van der Waals surface area contributed by atoms with Crippen molar-refractivity contribution in [2.45, 2.75) is 6.42 Å². The van der Waals surface area contributed by atoms with Gasteiger partial charge in [-0.15, -0.1) is 0 Å². The molecule has 1 rings (SSSR count). The monoisotopic (exact) mass is 177 g/mol. The summed E-state index contributed by atoms with van der Waals surface area (Å²) in [5.41, 5.74) is 6.48. The van der Waals surface area contributed by atoms with Crippen LogP contribution in [-0.2, 0) is 0 Å². The third kappa shape index (κ3) is 2.92. The number of methoxy groups -OCH3 is 1. The van der Waals surface area contributed by atoms with Gasteiger partial charge in [-0.1, -0.05) is 30.4 Å². The molecule has 0 heterocycles. The largest absolute Gasteiger partial charge is 0.496 e. The zero-order valence-electron chi connectivity index (χ0n) is 7.86. The van der Waals surface area contributed by atoms with Crippen LogP contribution in [0.3, 0.4) is 0 Å². The van der Waals surface area contributed by atoms with Crippen LogP contribution in [0.4, 0.5) is 0 Å². The van der Waals surface area contributed by atoms with Crippen LogP contribution in [0.2, 0.25) is 0 Å². The van der Waals surface area contributed by atoms with Crippen LogP contribution in [0.1, 0.15) is 12.0 Å². The Kier molecular flexibility index (Phi) is 4.06. The Morgan fingerprint density at radius 3 is 2.85 bits per heavy atom. The van der Waals surface area contributed by atoms with E-state index in [0.29, 0.717) is 6.54 Å². The maximum atomic E-state index is 5.38. The second kappa shape index (κ2) is 5.38. The van der Waals surface area contributed by atoms with Crippen molar-refractivity contribution in [2.24, 2.45) is 5.73 Å². The highest BCUT2D eigenvalue weighted by atomic mass is 16.5. The van der Waals surface area contributed by atoms with Crippen molar-refractivity contribution >= 4 is 6.08 Å². The SMILES string of the molecule is COc1ccccc1/C=C/CCN. The lowest BCUT2D eigenvalue weighted by molar-refractivity contribution is 0.414. The molecule has 0 saturated heterocycles. The fourth-order valence-electron chi connectivity index (χ4n) is 1.11. The molecule has 2 nitrogen and oxygen atoms in total. The summed E-state index contributed by atoms with van der Waals surface area (Å²) in [5, 5.41) is 0. The second-order valence-corrected chi connectivity index (χ2v) is 2.72. The number of ether oxygens (including phenoxy) is 1. The van der Waals surface area contributed by atoms with E-state index >= 15 is 0 Å². The van der Waals surface area contributed by atoms with Gasteiger partial charge < -0.3 is 10.5 Å². The van der Waals surface area contributed by atoms with Gasteiger partial charge in [0.1, 0.15) is 5.75 Å². The molecular weight excluding hydrogens is 162 g/mol. The third-order valence-corrected chi connectivity index (χ3v) is 1.77. The van der Waals surface area contributed by atoms with Crippen molar-refractivity contribution < 1.29 is 4.74 Å². The van der Waals surface area contributed by atoms with Crippen molar-refractivity contribution in [3.8, 4) is 5.75 Å². The number of hydrogen-bond acceptors (Lipinski definition) is 2. The zero-order chi connectivity index (χ0) is 9.52.